The molecule has 22 heavy (non-hydrogen) atoms. The molecule has 2 heterocycles. The van der Waals surface area contributed by atoms with Crippen molar-refractivity contribution in [2.24, 2.45) is 11.1 Å². The van der Waals surface area contributed by atoms with E-state index in [9.17, 15) is 9.18 Å². The predicted octanol–water partition coefficient (Wildman–Crippen LogP) is 3.37. The van der Waals surface area contributed by atoms with Gasteiger partial charge in [-0.3, -0.25) is 4.79 Å². The second kappa shape index (κ2) is 5.82. The van der Waals surface area contributed by atoms with E-state index < -0.39 is 0 Å². The monoisotopic (exact) mass is 318 g/mol. The van der Waals surface area contributed by atoms with Gasteiger partial charge in [0, 0.05) is 18.0 Å². The first-order chi connectivity index (χ1) is 10.5. The van der Waals surface area contributed by atoms with Crippen LogP contribution < -0.4 is 5.73 Å². The number of rotatable bonds is 3. The van der Waals surface area contributed by atoms with E-state index in [0.29, 0.717) is 13.1 Å². The molecular formula is C17H19FN2OS. The number of benzene rings is 1. The van der Waals surface area contributed by atoms with Crippen LogP contribution in [0.25, 0.3) is 10.4 Å². The number of hydrogen-bond donors (Lipinski definition) is 1. The average molecular weight is 318 g/mol. The molecule has 0 saturated carbocycles. The second-order valence-electron chi connectivity index (χ2n) is 6.16. The van der Waals surface area contributed by atoms with Crippen LogP contribution >= 0.6 is 11.3 Å². The average Bonchev–Trinajstić information content (AvgIpc) is 3.15. The molecule has 1 aliphatic rings. The van der Waals surface area contributed by atoms with Gasteiger partial charge in [0.05, 0.1) is 4.88 Å². The summed E-state index contributed by atoms with van der Waals surface area (Å²) < 4.78 is 13.0. The molecule has 5 heteroatoms. The van der Waals surface area contributed by atoms with Crippen LogP contribution in [-0.2, 0) is 0 Å². The Morgan fingerprint density at radius 3 is 2.68 bits per heavy atom. The summed E-state index contributed by atoms with van der Waals surface area (Å²) >= 11 is 1.45. The smallest absolute Gasteiger partial charge is 0.263 e. The SMILES string of the molecule is CC1(CN)CCN(C(=O)c2ccc(-c3ccc(F)cc3)s2)C1. The number of carbonyl (C=O) groups is 1. The standard InChI is InChI=1S/C17H19FN2OS/c1-17(10-19)8-9-20(11-17)16(21)15-7-6-14(22-15)12-2-4-13(18)5-3-12/h2-7H,8-11,19H2,1H3. The molecule has 1 aromatic carbocycles. The van der Waals surface area contributed by atoms with E-state index in [0.717, 1.165) is 28.3 Å². The number of hydrogen-bond acceptors (Lipinski definition) is 3. The van der Waals surface area contributed by atoms with Crippen LogP contribution in [0.4, 0.5) is 4.39 Å². The third kappa shape index (κ3) is 2.91. The molecule has 1 amide bonds. The van der Waals surface area contributed by atoms with Crippen molar-refractivity contribution >= 4 is 17.2 Å². The van der Waals surface area contributed by atoms with Crippen LogP contribution in [0.2, 0.25) is 0 Å². The highest BCUT2D eigenvalue weighted by atomic mass is 32.1. The highest BCUT2D eigenvalue weighted by Crippen LogP contribution is 2.33. The zero-order valence-electron chi connectivity index (χ0n) is 12.5. The number of nitrogens with zero attached hydrogens (tertiary/aromatic N) is 1. The second-order valence-corrected chi connectivity index (χ2v) is 7.25. The minimum absolute atomic E-state index is 0.0344. The number of halogens is 1. The maximum Gasteiger partial charge on any atom is 0.263 e. The summed E-state index contributed by atoms with van der Waals surface area (Å²) in [5.74, 6) is -0.190. The molecule has 0 spiro atoms. The van der Waals surface area contributed by atoms with E-state index in [1.807, 2.05) is 17.0 Å². The Balaban J connectivity index is 1.76. The number of likely N-dealkylation sites (tertiary alicyclic amines) is 1. The summed E-state index contributed by atoms with van der Waals surface area (Å²) in [5, 5.41) is 0. The van der Waals surface area contributed by atoms with Gasteiger partial charge in [0.1, 0.15) is 5.82 Å². The zero-order valence-corrected chi connectivity index (χ0v) is 13.3. The van der Waals surface area contributed by atoms with E-state index in [-0.39, 0.29) is 17.1 Å². The van der Waals surface area contributed by atoms with Crippen molar-refractivity contribution in [1.29, 1.82) is 0 Å². The van der Waals surface area contributed by atoms with Crippen molar-refractivity contribution < 1.29 is 9.18 Å². The van der Waals surface area contributed by atoms with Crippen LogP contribution in [0.3, 0.4) is 0 Å². The topological polar surface area (TPSA) is 46.3 Å². The Morgan fingerprint density at radius 1 is 1.32 bits per heavy atom. The molecule has 1 aliphatic heterocycles. The molecule has 0 bridgehead atoms. The summed E-state index contributed by atoms with van der Waals surface area (Å²) in [6, 6.07) is 10.1. The van der Waals surface area contributed by atoms with Crippen molar-refractivity contribution in [3.05, 3.63) is 47.1 Å². The minimum atomic E-state index is -0.255. The lowest BCUT2D eigenvalue weighted by Crippen LogP contribution is -2.34. The summed E-state index contributed by atoms with van der Waals surface area (Å²) in [6.45, 7) is 4.20. The van der Waals surface area contributed by atoms with E-state index >= 15 is 0 Å². The van der Waals surface area contributed by atoms with Gasteiger partial charge in [-0.25, -0.2) is 4.39 Å². The van der Waals surface area contributed by atoms with Gasteiger partial charge in [-0.05, 0) is 48.2 Å². The van der Waals surface area contributed by atoms with Crippen LogP contribution in [0.5, 0.6) is 0 Å². The van der Waals surface area contributed by atoms with Crippen molar-refractivity contribution in [3.63, 3.8) is 0 Å². The van der Waals surface area contributed by atoms with E-state index in [1.54, 1.807) is 12.1 Å². The van der Waals surface area contributed by atoms with Crippen LogP contribution in [-0.4, -0.2) is 30.4 Å². The summed E-state index contributed by atoms with van der Waals surface area (Å²) in [6.07, 6.45) is 0.950. The quantitative estimate of drug-likeness (QED) is 0.943. The van der Waals surface area contributed by atoms with E-state index in [2.05, 4.69) is 6.92 Å². The highest BCUT2D eigenvalue weighted by molar-refractivity contribution is 7.17. The van der Waals surface area contributed by atoms with Gasteiger partial charge in [0.25, 0.3) is 5.91 Å². The Bertz CT molecular complexity index is 682. The number of nitrogens with two attached hydrogens (primary N) is 1. The maximum atomic E-state index is 13.0. The molecule has 2 N–H and O–H groups in total. The van der Waals surface area contributed by atoms with Gasteiger partial charge in [-0.2, -0.15) is 0 Å². The summed E-state index contributed by atoms with van der Waals surface area (Å²) in [5.41, 5.74) is 6.76. The fraction of sp³-hybridized carbons (Fsp3) is 0.353. The molecule has 1 unspecified atom stereocenters. The molecule has 3 nitrogen and oxygen atoms in total. The summed E-state index contributed by atoms with van der Waals surface area (Å²) in [7, 11) is 0. The van der Waals surface area contributed by atoms with Gasteiger partial charge in [0.2, 0.25) is 0 Å². The molecular weight excluding hydrogens is 299 g/mol. The number of thiophene rings is 1. The fourth-order valence-corrected chi connectivity index (χ4v) is 3.72. The molecule has 116 valence electrons. The largest absolute Gasteiger partial charge is 0.337 e. The van der Waals surface area contributed by atoms with Crippen molar-refractivity contribution in [2.45, 2.75) is 13.3 Å². The molecule has 0 aliphatic carbocycles. The van der Waals surface area contributed by atoms with Crippen LogP contribution in [0.1, 0.15) is 23.0 Å². The van der Waals surface area contributed by atoms with E-state index in [4.69, 9.17) is 5.73 Å². The van der Waals surface area contributed by atoms with Gasteiger partial charge in [0.15, 0.2) is 0 Å². The summed E-state index contributed by atoms with van der Waals surface area (Å²) in [4.78, 5) is 16.2. The Kier molecular flexibility index (Phi) is 4.02. The third-order valence-corrected chi connectivity index (χ3v) is 5.41. The minimum Gasteiger partial charge on any atom is -0.337 e. The molecule has 0 radical (unpaired) electrons. The first kappa shape index (κ1) is 15.2. The lowest BCUT2D eigenvalue weighted by Gasteiger charge is -2.22. The van der Waals surface area contributed by atoms with Crippen LogP contribution in [0.15, 0.2) is 36.4 Å². The molecule has 1 saturated heterocycles. The molecule has 3 rings (SSSR count). The Morgan fingerprint density at radius 2 is 2.05 bits per heavy atom. The molecule has 1 aromatic heterocycles. The van der Waals surface area contributed by atoms with Gasteiger partial charge >= 0.3 is 0 Å². The first-order valence-electron chi connectivity index (χ1n) is 7.36. The lowest BCUT2D eigenvalue weighted by molar-refractivity contribution is 0.0781. The Labute approximate surface area is 133 Å². The van der Waals surface area contributed by atoms with Gasteiger partial charge in [-0.1, -0.05) is 19.1 Å². The number of carbonyl (C=O) groups excluding carboxylic acids is 1. The highest BCUT2D eigenvalue weighted by Gasteiger charge is 2.35. The zero-order chi connectivity index (χ0) is 15.7. The van der Waals surface area contributed by atoms with Crippen molar-refractivity contribution in [1.82, 2.24) is 4.90 Å². The van der Waals surface area contributed by atoms with Gasteiger partial charge < -0.3 is 10.6 Å². The third-order valence-electron chi connectivity index (χ3n) is 4.28. The van der Waals surface area contributed by atoms with Gasteiger partial charge in [-0.15, -0.1) is 11.3 Å². The molecule has 1 fully saturated rings. The molecule has 2 aromatic rings. The predicted molar refractivity (Wildman–Crippen MR) is 87.4 cm³/mol. The van der Waals surface area contributed by atoms with Crippen molar-refractivity contribution in [2.75, 3.05) is 19.6 Å². The first-order valence-corrected chi connectivity index (χ1v) is 8.17. The van der Waals surface area contributed by atoms with Crippen molar-refractivity contribution in [3.8, 4) is 10.4 Å². The maximum absolute atomic E-state index is 13.0. The Hall–Kier alpha value is -1.72. The lowest BCUT2D eigenvalue weighted by atomic mass is 9.90. The molecule has 1 atom stereocenters. The normalized spacial score (nSPS) is 21.3. The van der Waals surface area contributed by atoms with E-state index in [1.165, 1.54) is 23.5 Å². The fourth-order valence-electron chi connectivity index (χ4n) is 2.74. The van der Waals surface area contributed by atoms with Crippen LogP contribution in [0, 0.1) is 11.2 Å². The number of amides is 1.